The van der Waals surface area contributed by atoms with Crippen LogP contribution in [0.25, 0.3) is 6.08 Å². The molecular weight excluding hydrogens is 530 g/mol. The van der Waals surface area contributed by atoms with Crippen LogP contribution in [0.5, 0.6) is 0 Å². The van der Waals surface area contributed by atoms with Crippen molar-refractivity contribution in [2.24, 2.45) is 0 Å². The number of nitrogens with zero attached hydrogens (tertiary/aromatic N) is 3. The van der Waals surface area contributed by atoms with Gasteiger partial charge in [-0.25, -0.2) is 0 Å². The molecule has 0 unspecified atom stereocenters. The molecule has 1 N–H and O–H groups in total. The van der Waals surface area contributed by atoms with E-state index in [0.717, 1.165) is 61.6 Å². The Morgan fingerprint density at radius 1 is 0.767 bits per heavy atom. The first-order valence-corrected chi connectivity index (χ1v) is 15.8. The lowest BCUT2D eigenvalue weighted by molar-refractivity contribution is 0.118. The van der Waals surface area contributed by atoms with Gasteiger partial charge in [0, 0.05) is 44.7 Å². The Bertz CT molecular complexity index is 1430. The Hall–Kier alpha value is -3.93. The third-order valence-electron chi connectivity index (χ3n) is 8.68. The number of piperazine rings is 1. The maximum Gasteiger partial charge on any atom is 0.283 e. The monoisotopic (exact) mass is 575 g/mol. The fraction of sp³-hybridized carbons (Fsp3) is 0.342. The zero-order valence-electron chi connectivity index (χ0n) is 25.4. The Morgan fingerprint density at radius 2 is 1.33 bits per heavy atom. The van der Waals surface area contributed by atoms with Gasteiger partial charge in [-0.3, -0.25) is 14.6 Å². The Labute approximate surface area is 256 Å². The van der Waals surface area contributed by atoms with Gasteiger partial charge in [-0.05, 0) is 48.1 Å². The lowest BCUT2D eigenvalue weighted by Gasteiger charge is -2.39. The van der Waals surface area contributed by atoms with Crippen LogP contribution in [0.2, 0.25) is 0 Å². The molecule has 5 nitrogen and oxygen atoms in total. The van der Waals surface area contributed by atoms with Gasteiger partial charge in [0.25, 0.3) is 5.56 Å². The summed E-state index contributed by atoms with van der Waals surface area (Å²) in [5.74, 6) is 0.358. The molecule has 2 aliphatic rings. The van der Waals surface area contributed by atoms with Crippen LogP contribution < -0.4 is 5.56 Å². The molecule has 1 aromatic heterocycles. The minimum absolute atomic E-state index is 0.310. The zero-order valence-corrected chi connectivity index (χ0v) is 25.4. The van der Waals surface area contributed by atoms with Crippen LogP contribution in [0.1, 0.15) is 72.0 Å². The van der Waals surface area contributed by atoms with Crippen molar-refractivity contribution in [1.82, 2.24) is 14.5 Å². The lowest BCUT2D eigenvalue weighted by atomic mass is 9.86. The number of hydrogen-bond donors (Lipinski definition) is 1. The quantitative estimate of drug-likeness (QED) is 0.231. The van der Waals surface area contributed by atoms with Crippen molar-refractivity contribution in [3.63, 3.8) is 0 Å². The van der Waals surface area contributed by atoms with Gasteiger partial charge in [-0.2, -0.15) is 4.73 Å². The van der Waals surface area contributed by atoms with Crippen molar-refractivity contribution in [2.75, 3.05) is 32.7 Å². The highest BCUT2D eigenvalue weighted by atomic mass is 16.5. The highest BCUT2D eigenvalue weighted by Crippen LogP contribution is 2.32. The molecule has 4 aromatic rings. The van der Waals surface area contributed by atoms with Gasteiger partial charge in [0.2, 0.25) is 0 Å². The molecule has 1 saturated carbocycles. The van der Waals surface area contributed by atoms with E-state index in [1.54, 1.807) is 0 Å². The summed E-state index contributed by atoms with van der Waals surface area (Å²) in [4.78, 5) is 16.6. The predicted molar refractivity (Wildman–Crippen MR) is 177 cm³/mol. The van der Waals surface area contributed by atoms with Crippen LogP contribution in [-0.4, -0.2) is 52.5 Å². The van der Waals surface area contributed by atoms with Crippen molar-refractivity contribution < 1.29 is 5.21 Å². The molecule has 0 radical (unpaired) electrons. The van der Waals surface area contributed by atoms with Crippen molar-refractivity contribution in [1.29, 1.82) is 0 Å². The first-order valence-electron chi connectivity index (χ1n) is 15.8. The molecule has 0 bridgehead atoms. The smallest absolute Gasteiger partial charge is 0.283 e. The Kier molecular flexibility index (Phi) is 11.0. The molecule has 2 heterocycles. The molecule has 0 amide bonds. The van der Waals surface area contributed by atoms with E-state index in [2.05, 4.69) is 113 Å². The van der Waals surface area contributed by atoms with E-state index < -0.39 is 0 Å². The lowest BCUT2D eigenvalue weighted by Crippen LogP contribution is -2.47. The molecule has 1 aliphatic heterocycles. The summed E-state index contributed by atoms with van der Waals surface area (Å²) in [6.07, 6.45) is 10.4. The largest absolute Gasteiger partial charge is 0.425 e. The average Bonchev–Trinajstić information content (AvgIpc) is 3.06. The summed E-state index contributed by atoms with van der Waals surface area (Å²) in [6, 6.07) is 36.1. The highest BCUT2D eigenvalue weighted by molar-refractivity contribution is 5.48. The van der Waals surface area contributed by atoms with Gasteiger partial charge < -0.3 is 5.21 Å². The summed E-state index contributed by atoms with van der Waals surface area (Å²) >= 11 is 0. The van der Waals surface area contributed by atoms with Crippen molar-refractivity contribution in [3.8, 4) is 0 Å². The number of aromatic nitrogens is 1. The van der Waals surface area contributed by atoms with Crippen molar-refractivity contribution in [3.05, 3.63) is 148 Å². The minimum Gasteiger partial charge on any atom is -0.425 e. The summed E-state index contributed by atoms with van der Waals surface area (Å²) in [5, 5.41) is 9.68. The maximum atomic E-state index is 11.4. The zero-order chi connectivity index (χ0) is 29.9. The number of rotatable bonds is 7. The number of hydrogen-bond acceptors (Lipinski definition) is 4. The van der Waals surface area contributed by atoms with Crippen LogP contribution in [0, 0.1) is 6.92 Å². The maximum absolute atomic E-state index is 11.4. The SMILES string of the molecule is C(=C\c1ccccc1)/CN1CCN(C(c2ccccc2)c2ccccc2)CC1.Cc1cc(C2CCCCC2)n(O)c(=O)c1. The fourth-order valence-corrected chi connectivity index (χ4v) is 6.40. The topological polar surface area (TPSA) is 48.7 Å². The standard InChI is InChI=1S/C26H28N2.C12H17NO2/c1-4-11-23(12-5-1)13-10-18-27-19-21-28(22-20-27)26(24-14-6-2-7-15-24)25-16-8-3-9-17-25;1-9-7-11(13(15)12(14)8-9)10-5-3-2-4-6-10/h1-17,26H,18-22H2;7-8,10,15H,2-6H2,1H3/b13-10+;. The van der Waals surface area contributed by atoms with E-state index >= 15 is 0 Å². The summed E-state index contributed by atoms with van der Waals surface area (Å²) < 4.78 is 0.822. The molecule has 2 fully saturated rings. The summed E-state index contributed by atoms with van der Waals surface area (Å²) in [7, 11) is 0. The van der Waals surface area contributed by atoms with E-state index in [1.807, 2.05) is 13.0 Å². The fourth-order valence-electron chi connectivity index (χ4n) is 6.40. The molecule has 0 atom stereocenters. The van der Waals surface area contributed by atoms with Gasteiger partial charge in [0.15, 0.2) is 0 Å². The predicted octanol–water partition coefficient (Wildman–Crippen LogP) is 7.55. The van der Waals surface area contributed by atoms with E-state index in [-0.39, 0.29) is 5.56 Å². The van der Waals surface area contributed by atoms with Crippen LogP contribution >= 0.6 is 0 Å². The van der Waals surface area contributed by atoms with E-state index in [0.29, 0.717) is 12.0 Å². The van der Waals surface area contributed by atoms with E-state index in [1.165, 1.54) is 42.0 Å². The second-order valence-corrected chi connectivity index (χ2v) is 11.8. The van der Waals surface area contributed by atoms with Crippen LogP contribution in [0.15, 0.2) is 114 Å². The van der Waals surface area contributed by atoms with Crippen LogP contribution in [0.4, 0.5) is 0 Å². The van der Waals surface area contributed by atoms with Crippen LogP contribution in [0.3, 0.4) is 0 Å². The molecule has 5 heteroatoms. The molecule has 0 spiro atoms. The van der Waals surface area contributed by atoms with Gasteiger partial charge in [-0.1, -0.05) is 122 Å². The normalized spacial score (nSPS) is 16.7. The summed E-state index contributed by atoms with van der Waals surface area (Å²) in [6.45, 7) is 7.31. The molecular formula is C38H45N3O2. The molecule has 3 aromatic carbocycles. The van der Waals surface area contributed by atoms with Crippen molar-refractivity contribution >= 4 is 6.08 Å². The van der Waals surface area contributed by atoms with E-state index in [9.17, 15) is 10.0 Å². The van der Waals surface area contributed by atoms with Gasteiger partial charge in [0.1, 0.15) is 0 Å². The Morgan fingerprint density at radius 3 is 1.91 bits per heavy atom. The second-order valence-electron chi connectivity index (χ2n) is 11.8. The molecule has 224 valence electrons. The van der Waals surface area contributed by atoms with Gasteiger partial charge in [-0.15, -0.1) is 0 Å². The Balaban J connectivity index is 0.000000207. The molecule has 43 heavy (non-hydrogen) atoms. The number of pyridine rings is 1. The highest BCUT2D eigenvalue weighted by Gasteiger charge is 2.26. The van der Waals surface area contributed by atoms with E-state index in [4.69, 9.17) is 0 Å². The number of aryl methyl sites for hydroxylation is 1. The second kappa shape index (κ2) is 15.5. The first kappa shape index (κ1) is 30.5. The molecule has 6 rings (SSSR count). The first-order chi connectivity index (χ1) is 21.1. The molecule has 1 saturated heterocycles. The van der Waals surface area contributed by atoms with Gasteiger partial charge >= 0.3 is 0 Å². The van der Waals surface area contributed by atoms with Crippen molar-refractivity contribution in [2.45, 2.75) is 51.0 Å². The minimum atomic E-state index is -0.310. The van der Waals surface area contributed by atoms with Gasteiger partial charge in [0.05, 0.1) is 11.7 Å². The molecule has 1 aliphatic carbocycles. The average molecular weight is 576 g/mol. The van der Waals surface area contributed by atoms with Crippen LogP contribution in [-0.2, 0) is 0 Å². The number of benzene rings is 3. The summed E-state index contributed by atoms with van der Waals surface area (Å²) in [5.41, 5.74) is 5.45. The third-order valence-corrected chi connectivity index (χ3v) is 8.68. The third kappa shape index (κ3) is 8.56.